The highest BCUT2D eigenvalue weighted by atomic mass is 32.1. The first kappa shape index (κ1) is 23.6. The van der Waals surface area contributed by atoms with Gasteiger partial charge in [-0.1, -0.05) is 0 Å². The van der Waals surface area contributed by atoms with Crippen LogP contribution >= 0.6 is 11.3 Å². The second kappa shape index (κ2) is 9.76. The Balaban J connectivity index is 1.39. The van der Waals surface area contributed by atoms with Crippen molar-refractivity contribution in [3.63, 3.8) is 0 Å². The Labute approximate surface area is 200 Å². The van der Waals surface area contributed by atoms with Gasteiger partial charge in [0.25, 0.3) is 17.4 Å². The molecule has 4 rings (SSSR count). The van der Waals surface area contributed by atoms with E-state index in [0.29, 0.717) is 46.7 Å². The number of aromatic nitrogens is 2. The molecule has 3 aromatic rings. The van der Waals surface area contributed by atoms with Crippen LogP contribution in [0.3, 0.4) is 0 Å². The number of carbonyl (C=O) groups is 3. The van der Waals surface area contributed by atoms with Crippen molar-refractivity contribution in [2.75, 3.05) is 25.0 Å². The second-order valence-electron chi connectivity index (χ2n) is 8.00. The Bertz CT molecular complexity index is 1320. The Morgan fingerprint density at radius 2 is 1.88 bits per heavy atom. The fourth-order valence-electron chi connectivity index (χ4n) is 4.05. The van der Waals surface area contributed by atoms with Crippen molar-refractivity contribution in [1.82, 2.24) is 14.5 Å². The molecule has 0 spiro atoms. The average Bonchev–Trinajstić information content (AvgIpc) is 3.43. The molecule has 0 saturated carbocycles. The molecule has 9 nitrogen and oxygen atoms in total. The maximum atomic E-state index is 12.8. The standard InChI is InChI=1S/C24H26N4O5S/c1-4-27(5-2)22(30)15-8-10-16(11-9-15)25-18(29)13-33-24(32)20-14(3)19-21(34-20)26-17-7-6-12-28(17)23(19)31/h8-11H,4-7,12-13H2,1-3H3,(H,25,29). The maximum absolute atomic E-state index is 12.8. The van der Waals surface area contributed by atoms with E-state index in [1.54, 1.807) is 40.7 Å². The lowest BCUT2D eigenvalue weighted by molar-refractivity contribution is -0.119. The van der Waals surface area contributed by atoms with Crippen molar-refractivity contribution in [3.8, 4) is 0 Å². The zero-order valence-electron chi connectivity index (χ0n) is 19.3. The van der Waals surface area contributed by atoms with Crippen LogP contribution in [0, 0.1) is 6.92 Å². The minimum atomic E-state index is -0.666. The summed E-state index contributed by atoms with van der Waals surface area (Å²) in [7, 11) is 0. The van der Waals surface area contributed by atoms with Crippen molar-refractivity contribution in [2.24, 2.45) is 0 Å². The molecule has 1 aliphatic heterocycles. The van der Waals surface area contributed by atoms with Crippen molar-refractivity contribution >= 4 is 45.0 Å². The summed E-state index contributed by atoms with van der Waals surface area (Å²) in [4.78, 5) is 57.1. The number of benzene rings is 1. The van der Waals surface area contributed by atoms with Crippen molar-refractivity contribution < 1.29 is 19.1 Å². The summed E-state index contributed by atoms with van der Waals surface area (Å²) in [5, 5.41) is 3.09. The largest absolute Gasteiger partial charge is 0.451 e. The zero-order chi connectivity index (χ0) is 24.4. The number of rotatable bonds is 7. The first-order valence-corrected chi connectivity index (χ1v) is 12.0. The molecule has 3 heterocycles. The molecular formula is C24H26N4O5S. The molecule has 10 heteroatoms. The highest BCUT2D eigenvalue weighted by molar-refractivity contribution is 7.20. The molecule has 0 unspecified atom stereocenters. The number of aryl methyl sites for hydroxylation is 2. The Kier molecular flexibility index (Phi) is 6.78. The van der Waals surface area contributed by atoms with Gasteiger partial charge < -0.3 is 15.0 Å². The summed E-state index contributed by atoms with van der Waals surface area (Å²) in [5.41, 5.74) is 1.41. The summed E-state index contributed by atoms with van der Waals surface area (Å²) >= 11 is 1.11. The Hall–Kier alpha value is -3.53. The lowest BCUT2D eigenvalue weighted by Crippen LogP contribution is -2.30. The summed E-state index contributed by atoms with van der Waals surface area (Å²) < 4.78 is 6.86. The summed E-state index contributed by atoms with van der Waals surface area (Å²) in [5.74, 6) is -0.509. The Morgan fingerprint density at radius 1 is 1.18 bits per heavy atom. The van der Waals surface area contributed by atoms with Crippen LogP contribution in [0.15, 0.2) is 29.1 Å². The molecule has 1 aliphatic rings. The number of carbonyl (C=O) groups excluding carboxylic acids is 3. The van der Waals surface area contributed by atoms with Gasteiger partial charge in [-0.3, -0.25) is 19.0 Å². The van der Waals surface area contributed by atoms with Crippen LogP contribution in [-0.2, 0) is 22.5 Å². The molecule has 0 fully saturated rings. The lowest BCUT2D eigenvalue weighted by atomic mass is 10.2. The highest BCUT2D eigenvalue weighted by Crippen LogP contribution is 2.29. The number of fused-ring (bicyclic) bond motifs is 2. The number of hydrogen-bond acceptors (Lipinski definition) is 7. The highest BCUT2D eigenvalue weighted by Gasteiger charge is 2.24. The van der Waals surface area contributed by atoms with Gasteiger partial charge in [-0.15, -0.1) is 11.3 Å². The van der Waals surface area contributed by atoms with Gasteiger partial charge in [0.1, 0.15) is 15.5 Å². The van der Waals surface area contributed by atoms with Gasteiger partial charge in [-0.05, 0) is 57.0 Å². The first-order valence-electron chi connectivity index (χ1n) is 11.2. The van der Waals surface area contributed by atoms with Crippen LogP contribution in [0.5, 0.6) is 0 Å². The topological polar surface area (TPSA) is 111 Å². The van der Waals surface area contributed by atoms with Crippen LogP contribution in [0.2, 0.25) is 0 Å². The minimum absolute atomic E-state index is 0.0742. The normalized spacial score (nSPS) is 12.4. The third-order valence-electron chi connectivity index (χ3n) is 5.90. The second-order valence-corrected chi connectivity index (χ2v) is 9.00. The zero-order valence-corrected chi connectivity index (χ0v) is 20.2. The van der Waals surface area contributed by atoms with Crippen molar-refractivity contribution in [2.45, 2.75) is 40.2 Å². The number of esters is 1. The van der Waals surface area contributed by atoms with E-state index in [1.165, 1.54) is 0 Å². The van der Waals surface area contributed by atoms with E-state index in [2.05, 4.69) is 10.3 Å². The van der Waals surface area contributed by atoms with E-state index >= 15 is 0 Å². The van der Waals surface area contributed by atoms with Gasteiger partial charge in [0.2, 0.25) is 0 Å². The molecule has 2 amide bonds. The number of anilines is 1. The lowest BCUT2D eigenvalue weighted by Gasteiger charge is -2.18. The summed E-state index contributed by atoms with van der Waals surface area (Å²) in [6.45, 7) is 6.92. The molecule has 0 aliphatic carbocycles. The molecule has 34 heavy (non-hydrogen) atoms. The number of nitrogens with one attached hydrogen (secondary N) is 1. The number of hydrogen-bond donors (Lipinski definition) is 1. The van der Waals surface area contributed by atoms with E-state index in [1.807, 2.05) is 13.8 Å². The van der Waals surface area contributed by atoms with Crippen LogP contribution < -0.4 is 10.9 Å². The molecule has 178 valence electrons. The van der Waals surface area contributed by atoms with E-state index in [9.17, 15) is 19.2 Å². The van der Waals surface area contributed by atoms with Crippen LogP contribution in [0.25, 0.3) is 10.2 Å². The van der Waals surface area contributed by atoms with Gasteiger partial charge in [0.05, 0.1) is 5.39 Å². The van der Waals surface area contributed by atoms with Gasteiger partial charge >= 0.3 is 5.97 Å². The van der Waals surface area contributed by atoms with E-state index < -0.39 is 18.5 Å². The average molecular weight is 483 g/mol. The number of ether oxygens (including phenoxy) is 1. The number of amides is 2. The van der Waals surface area contributed by atoms with Gasteiger partial charge in [-0.25, -0.2) is 9.78 Å². The predicted molar refractivity (Wildman–Crippen MR) is 130 cm³/mol. The molecule has 0 atom stereocenters. The van der Waals surface area contributed by atoms with Crippen LogP contribution in [-0.4, -0.2) is 51.9 Å². The molecule has 0 saturated heterocycles. The molecule has 2 aromatic heterocycles. The minimum Gasteiger partial charge on any atom is -0.451 e. The van der Waals surface area contributed by atoms with Gasteiger partial charge in [0.15, 0.2) is 6.61 Å². The maximum Gasteiger partial charge on any atom is 0.349 e. The molecule has 1 N–H and O–H groups in total. The van der Waals surface area contributed by atoms with Crippen molar-refractivity contribution in [3.05, 3.63) is 56.4 Å². The monoisotopic (exact) mass is 482 g/mol. The molecule has 0 bridgehead atoms. The molecule has 0 radical (unpaired) electrons. The predicted octanol–water partition coefficient (Wildman–Crippen LogP) is 2.99. The van der Waals surface area contributed by atoms with E-state index in [4.69, 9.17) is 4.74 Å². The molecular weight excluding hydrogens is 456 g/mol. The van der Waals surface area contributed by atoms with Crippen LogP contribution in [0.1, 0.15) is 51.7 Å². The fourth-order valence-corrected chi connectivity index (χ4v) is 5.14. The van der Waals surface area contributed by atoms with Crippen molar-refractivity contribution in [1.29, 1.82) is 0 Å². The first-order chi connectivity index (χ1) is 16.3. The van der Waals surface area contributed by atoms with E-state index in [0.717, 1.165) is 30.0 Å². The van der Waals surface area contributed by atoms with E-state index in [-0.39, 0.29) is 16.3 Å². The van der Waals surface area contributed by atoms with Crippen LogP contribution in [0.4, 0.5) is 5.69 Å². The fraction of sp³-hybridized carbons (Fsp3) is 0.375. The summed E-state index contributed by atoms with van der Waals surface area (Å²) in [6, 6.07) is 6.55. The van der Waals surface area contributed by atoms with Gasteiger partial charge in [0, 0.05) is 37.3 Å². The Morgan fingerprint density at radius 3 is 2.56 bits per heavy atom. The number of nitrogens with zero attached hydrogens (tertiary/aromatic N) is 3. The quantitative estimate of drug-likeness (QED) is 0.519. The third-order valence-corrected chi connectivity index (χ3v) is 7.06. The third kappa shape index (κ3) is 4.45. The number of thiophene rings is 1. The smallest absolute Gasteiger partial charge is 0.349 e. The van der Waals surface area contributed by atoms with Gasteiger partial charge in [-0.2, -0.15) is 0 Å². The summed E-state index contributed by atoms with van der Waals surface area (Å²) in [6.07, 6.45) is 1.63. The SMILES string of the molecule is CCN(CC)C(=O)c1ccc(NC(=O)COC(=O)c2sc3nc4n(c(=O)c3c2C)CCC4)cc1. The molecule has 1 aromatic carbocycles.